The molecule has 0 unspecified atom stereocenters. The molecule has 0 fully saturated rings. The fourth-order valence-corrected chi connectivity index (χ4v) is 1.65. The van der Waals surface area contributed by atoms with Crippen LogP contribution in [-0.4, -0.2) is 15.8 Å². The summed E-state index contributed by atoms with van der Waals surface area (Å²) in [6.45, 7) is 5.38. The highest BCUT2D eigenvalue weighted by Gasteiger charge is 2.03. The predicted octanol–water partition coefficient (Wildman–Crippen LogP) is 2.58. The van der Waals surface area contributed by atoms with Crippen molar-refractivity contribution in [1.29, 1.82) is 0 Å². The topological polar surface area (TPSA) is 17.8 Å². The van der Waals surface area contributed by atoms with Gasteiger partial charge in [0.15, 0.2) is 0 Å². The Kier molecular flexibility index (Phi) is 3.66. The molecule has 0 atom stereocenters. The Hall–Kier alpha value is -0.440. The number of aryl methyl sites for hydroxylation is 2. The highest BCUT2D eigenvalue weighted by molar-refractivity contribution is 7.98. The molecule has 0 aliphatic heterocycles. The van der Waals surface area contributed by atoms with Crippen LogP contribution in [0.3, 0.4) is 0 Å². The lowest BCUT2D eigenvalue weighted by molar-refractivity contribution is 0.683. The van der Waals surface area contributed by atoms with Gasteiger partial charge in [-0.15, -0.1) is 11.8 Å². The Morgan fingerprint density at radius 3 is 2.75 bits per heavy atom. The summed E-state index contributed by atoms with van der Waals surface area (Å²) in [6, 6.07) is 0. The van der Waals surface area contributed by atoms with Crippen molar-refractivity contribution in [2.75, 3.05) is 6.26 Å². The van der Waals surface area contributed by atoms with E-state index < -0.39 is 0 Å². The van der Waals surface area contributed by atoms with E-state index in [4.69, 9.17) is 0 Å². The number of thioether (sulfide) groups is 1. The molecule has 0 radical (unpaired) electrons. The zero-order valence-corrected chi connectivity index (χ0v) is 8.82. The Bertz CT molecular complexity index is 243. The lowest BCUT2D eigenvalue weighted by Gasteiger charge is -2.00. The molecule has 3 heteroatoms. The summed E-state index contributed by atoms with van der Waals surface area (Å²) in [7, 11) is 0. The van der Waals surface area contributed by atoms with Gasteiger partial charge in [-0.05, 0) is 19.6 Å². The SMILES string of the molecule is CCCc1nc(SC)cn1CC. The molecule has 0 aliphatic rings. The number of nitrogens with zero attached hydrogens (tertiary/aromatic N) is 2. The zero-order chi connectivity index (χ0) is 8.97. The van der Waals surface area contributed by atoms with Crippen molar-refractivity contribution in [3.8, 4) is 0 Å². The summed E-state index contributed by atoms with van der Waals surface area (Å²) in [5.74, 6) is 1.23. The first kappa shape index (κ1) is 9.65. The van der Waals surface area contributed by atoms with E-state index in [1.165, 1.54) is 12.2 Å². The molecule has 0 amide bonds. The van der Waals surface area contributed by atoms with Gasteiger partial charge in [-0.3, -0.25) is 0 Å². The van der Waals surface area contributed by atoms with Crippen molar-refractivity contribution in [1.82, 2.24) is 9.55 Å². The van der Waals surface area contributed by atoms with Crippen LogP contribution >= 0.6 is 11.8 Å². The predicted molar refractivity (Wildman–Crippen MR) is 53.7 cm³/mol. The maximum Gasteiger partial charge on any atom is 0.114 e. The van der Waals surface area contributed by atoms with Gasteiger partial charge in [0.1, 0.15) is 10.9 Å². The lowest BCUT2D eigenvalue weighted by atomic mass is 10.3. The van der Waals surface area contributed by atoms with Crippen molar-refractivity contribution >= 4 is 11.8 Å². The van der Waals surface area contributed by atoms with E-state index in [1.54, 1.807) is 11.8 Å². The smallest absolute Gasteiger partial charge is 0.114 e. The first-order valence-electron chi connectivity index (χ1n) is 4.41. The Morgan fingerprint density at radius 1 is 1.50 bits per heavy atom. The summed E-state index contributed by atoms with van der Waals surface area (Å²) < 4.78 is 2.23. The van der Waals surface area contributed by atoms with Crippen LogP contribution in [-0.2, 0) is 13.0 Å². The van der Waals surface area contributed by atoms with E-state index in [0.29, 0.717) is 0 Å². The molecule has 0 aliphatic carbocycles. The van der Waals surface area contributed by atoms with E-state index in [9.17, 15) is 0 Å². The van der Waals surface area contributed by atoms with Crippen LogP contribution < -0.4 is 0 Å². The zero-order valence-electron chi connectivity index (χ0n) is 8.00. The van der Waals surface area contributed by atoms with Gasteiger partial charge in [0.05, 0.1) is 0 Å². The summed E-state index contributed by atoms with van der Waals surface area (Å²) in [5, 5.41) is 1.14. The average Bonchev–Trinajstić information content (AvgIpc) is 2.48. The number of hydrogen-bond acceptors (Lipinski definition) is 2. The standard InChI is InChI=1S/C9H16N2S/c1-4-6-8-10-9(12-3)7-11(8)5-2/h7H,4-6H2,1-3H3. The highest BCUT2D eigenvalue weighted by atomic mass is 32.2. The molecule has 68 valence electrons. The van der Waals surface area contributed by atoms with E-state index in [-0.39, 0.29) is 0 Å². The summed E-state index contributed by atoms with van der Waals surface area (Å²) in [5.41, 5.74) is 0. The second-order valence-electron chi connectivity index (χ2n) is 2.74. The molecule has 2 nitrogen and oxygen atoms in total. The normalized spacial score (nSPS) is 10.6. The van der Waals surface area contributed by atoms with Crippen LogP contribution in [0.25, 0.3) is 0 Å². The van der Waals surface area contributed by atoms with Crippen molar-refractivity contribution < 1.29 is 0 Å². The minimum atomic E-state index is 1.03. The van der Waals surface area contributed by atoms with Crippen molar-refractivity contribution in [3.63, 3.8) is 0 Å². The van der Waals surface area contributed by atoms with Crippen LogP contribution in [0.5, 0.6) is 0 Å². The molecule has 1 aromatic rings. The van der Waals surface area contributed by atoms with Gasteiger partial charge >= 0.3 is 0 Å². The van der Waals surface area contributed by atoms with Gasteiger partial charge in [0.2, 0.25) is 0 Å². The minimum absolute atomic E-state index is 1.03. The number of aromatic nitrogens is 2. The molecule has 1 heterocycles. The lowest BCUT2D eigenvalue weighted by Crippen LogP contribution is -1.99. The van der Waals surface area contributed by atoms with Crippen molar-refractivity contribution in [2.45, 2.75) is 38.3 Å². The molecule has 1 rings (SSSR count). The number of imidazole rings is 1. The molecule has 12 heavy (non-hydrogen) atoms. The summed E-state index contributed by atoms with van der Waals surface area (Å²) in [6.07, 6.45) is 6.47. The largest absolute Gasteiger partial charge is 0.334 e. The quantitative estimate of drug-likeness (QED) is 0.669. The third kappa shape index (κ3) is 2.03. The van der Waals surface area contributed by atoms with Crippen LogP contribution in [0.1, 0.15) is 26.1 Å². The molecule has 0 saturated carbocycles. The van der Waals surface area contributed by atoms with E-state index >= 15 is 0 Å². The number of rotatable bonds is 4. The third-order valence-corrected chi connectivity index (χ3v) is 2.48. The average molecular weight is 184 g/mol. The fourth-order valence-electron chi connectivity index (χ4n) is 1.22. The molecule has 0 spiro atoms. The molecular formula is C9H16N2S. The first-order valence-corrected chi connectivity index (χ1v) is 5.64. The van der Waals surface area contributed by atoms with Gasteiger partial charge in [0, 0.05) is 19.2 Å². The fraction of sp³-hybridized carbons (Fsp3) is 0.667. The number of hydrogen-bond donors (Lipinski definition) is 0. The van der Waals surface area contributed by atoms with E-state index in [2.05, 4.69) is 35.9 Å². The van der Waals surface area contributed by atoms with Gasteiger partial charge in [-0.2, -0.15) is 0 Å². The van der Waals surface area contributed by atoms with Gasteiger partial charge < -0.3 is 4.57 Å². The molecule has 0 N–H and O–H groups in total. The Labute approximate surface area is 78.4 Å². The molecular weight excluding hydrogens is 168 g/mol. The first-order chi connectivity index (χ1) is 5.81. The summed E-state index contributed by atoms with van der Waals surface area (Å²) >= 11 is 1.71. The van der Waals surface area contributed by atoms with Gasteiger partial charge in [0.25, 0.3) is 0 Å². The minimum Gasteiger partial charge on any atom is -0.334 e. The van der Waals surface area contributed by atoms with E-state index in [0.717, 1.165) is 18.0 Å². The molecule has 0 bridgehead atoms. The Morgan fingerprint density at radius 2 is 2.25 bits per heavy atom. The maximum atomic E-state index is 4.52. The summed E-state index contributed by atoms with van der Waals surface area (Å²) in [4.78, 5) is 4.52. The maximum absolute atomic E-state index is 4.52. The van der Waals surface area contributed by atoms with Crippen LogP contribution in [0.15, 0.2) is 11.2 Å². The second-order valence-corrected chi connectivity index (χ2v) is 3.56. The monoisotopic (exact) mass is 184 g/mol. The second kappa shape index (κ2) is 4.55. The van der Waals surface area contributed by atoms with Gasteiger partial charge in [-0.25, -0.2) is 4.98 Å². The van der Waals surface area contributed by atoms with E-state index in [1.807, 2.05) is 0 Å². The van der Waals surface area contributed by atoms with Crippen LogP contribution in [0, 0.1) is 0 Å². The van der Waals surface area contributed by atoms with Crippen molar-refractivity contribution in [2.24, 2.45) is 0 Å². The molecule has 1 aromatic heterocycles. The van der Waals surface area contributed by atoms with Crippen LogP contribution in [0.4, 0.5) is 0 Å². The van der Waals surface area contributed by atoms with Crippen molar-refractivity contribution in [3.05, 3.63) is 12.0 Å². The highest BCUT2D eigenvalue weighted by Crippen LogP contribution is 2.14. The third-order valence-electron chi connectivity index (χ3n) is 1.86. The molecule has 0 saturated heterocycles. The Balaban J connectivity index is 2.84. The molecule has 0 aromatic carbocycles. The van der Waals surface area contributed by atoms with Crippen LogP contribution in [0.2, 0.25) is 0 Å². The van der Waals surface area contributed by atoms with Gasteiger partial charge in [-0.1, -0.05) is 6.92 Å².